The number of aryl methyl sites for hydroxylation is 1. The first kappa shape index (κ1) is 18.4. The number of carbonyl (C=O) groups excluding carboxylic acids is 1. The fourth-order valence-corrected chi connectivity index (χ4v) is 2.36. The average Bonchev–Trinajstić information content (AvgIpc) is 3.16. The van der Waals surface area contributed by atoms with E-state index in [2.05, 4.69) is 15.5 Å². The van der Waals surface area contributed by atoms with E-state index in [1.165, 1.54) is 0 Å². The second-order valence-corrected chi connectivity index (χ2v) is 5.94. The average molecular weight is 367 g/mol. The normalized spacial score (nSPS) is 10.4. The van der Waals surface area contributed by atoms with Crippen molar-refractivity contribution in [3.63, 3.8) is 0 Å². The minimum Gasteiger partial charge on any atom is -0.497 e. The first-order valence-electron chi connectivity index (χ1n) is 8.57. The van der Waals surface area contributed by atoms with Crippen LogP contribution in [-0.4, -0.2) is 36.3 Å². The number of nitrogens with zero attached hydrogens (tertiary/aromatic N) is 2. The summed E-state index contributed by atoms with van der Waals surface area (Å²) in [5, 5.41) is 6.73. The van der Waals surface area contributed by atoms with Gasteiger partial charge in [0.2, 0.25) is 11.7 Å². The van der Waals surface area contributed by atoms with Gasteiger partial charge < -0.3 is 19.3 Å². The molecule has 0 fully saturated rings. The predicted molar refractivity (Wildman–Crippen MR) is 99.7 cm³/mol. The molecule has 0 radical (unpaired) electrons. The number of amides is 1. The second-order valence-electron chi connectivity index (χ2n) is 5.94. The molecule has 27 heavy (non-hydrogen) atoms. The fourth-order valence-electron chi connectivity index (χ4n) is 2.36. The van der Waals surface area contributed by atoms with E-state index in [0.717, 1.165) is 16.9 Å². The Labute approximate surface area is 157 Å². The molecule has 7 nitrogen and oxygen atoms in total. The molecule has 0 spiro atoms. The Bertz CT molecular complexity index is 873. The van der Waals surface area contributed by atoms with Gasteiger partial charge in [-0.2, -0.15) is 4.98 Å². The van der Waals surface area contributed by atoms with E-state index in [4.69, 9.17) is 14.0 Å². The molecule has 0 aliphatic heterocycles. The van der Waals surface area contributed by atoms with Crippen molar-refractivity contribution in [1.29, 1.82) is 0 Å². The van der Waals surface area contributed by atoms with Crippen LogP contribution in [0.3, 0.4) is 0 Å². The van der Waals surface area contributed by atoms with E-state index >= 15 is 0 Å². The summed E-state index contributed by atoms with van der Waals surface area (Å²) in [6.45, 7) is 2.35. The van der Waals surface area contributed by atoms with Crippen molar-refractivity contribution >= 4 is 5.91 Å². The quantitative estimate of drug-likeness (QED) is 0.659. The number of hydrogen-bond acceptors (Lipinski definition) is 6. The van der Waals surface area contributed by atoms with Gasteiger partial charge >= 0.3 is 0 Å². The molecular formula is C20H21N3O4. The first-order chi connectivity index (χ1) is 13.1. The van der Waals surface area contributed by atoms with Crippen molar-refractivity contribution in [3.05, 3.63) is 60.0 Å². The maximum atomic E-state index is 11.8. The highest BCUT2D eigenvalue weighted by Crippen LogP contribution is 2.19. The standard InChI is InChI=1S/C20H21N3O4/c1-14-3-7-17(8-4-14)26-13-18(24)21-12-11-19-22-20(23-27-19)15-5-9-16(25-2)10-6-15/h3-10H,11-13H2,1-2H3,(H,21,24). The molecule has 1 amide bonds. The Morgan fingerprint density at radius 2 is 1.78 bits per heavy atom. The van der Waals surface area contributed by atoms with Crippen LogP contribution in [0, 0.1) is 6.92 Å². The maximum absolute atomic E-state index is 11.8. The van der Waals surface area contributed by atoms with E-state index in [1.54, 1.807) is 7.11 Å². The van der Waals surface area contributed by atoms with E-state index in [0.29, 0.717) is 30.4 Å². The molecule has 0 aliphatic rings. The van der Waals surface area contributed by atoms with Crippen molar-refractivity contribution in [1.82, 2.24) is 15.5 Å². The van der Waals surface area contributed by atoms with E-state index in [-0.39, 0.29) is 12.5 Å². The summed E-state index contributed by atoms with van der Waals surface area (Å²) in [4.78, 5) is 16.2. The monoisotopic (exact) mass is 367 g/mol. The van der Waals surface area contributed by atoms with Crippen LogP contribution in [0.25, 0.3) is 11.4 Å². The SMILES string of the molecule is COc1ccc(-c2noc(CCNC(=O)COc3ccc(C)cc3)n2)cc1. The van der Waals surface area contributed by atoms with Crippen molar-refractivity contribution in [2.75, 3.05) is 20.3 Å². The van der Waals surface area contributed by atoms with Crippen molar-refractivity contribution in [2.45, 2.75) is 13.3 Å². The minimum absolute atomic E-state index is 0.0377. The van der Waals surface area contributed by atoms with E-state index in [1.807, 2.05) is 55.5 Å². The highest BCUT2D eigenvalue weighted by Gasteiger charge is 2.09. The molecule has 0 saturated carbocycles. The lowest BCUT2D eigenvalue weighted by molar-refractivity contribution is -0.123. The number of hydrogen-bond donors (Lipinski definition) is 1. The molecular weight excluding hydrogens is 346 g/mol. The van der Waals surface area contributed by atoms with Gasteiger partial charge in [0, 0.05) is 18.5 Å². The van der Waals surface area contributed by atoms with Crippen molar-refractivity contribution in [3.8, 4) is 22.9 Å². The molecule has 0 unspecified atom stereocenters. The molecule has 0 bridgehead atoms. The highest BCUT2D eigenvalue weighted by atomic mass is 16.5. The zero-order valence-corrected chi connectivity index (χ0v) is 15.3. The molecule has 0 saturated heterocycles. The zero-order chi connectivity index (χ0) is 19.1. The van der Waals surface area contributed by atoms with Gasteiger partial charge in [0.05, 0.1) is 7.11 Å². The van der Waals surface area contributed by atoms with E-state index < -0.39 is 0 Å². The van der Waals surface area contributed by atoms with E-state index in [9.17, 15) is 4.79 Å². The zero-order valence-electron chi connectivity index (χ0n) is 15.3. The lowest BCUT2D eigenvalue weighted by Gasteiger charge is -2.06. The summed E-state index contributed by atoms with van der Waals surface area (Å²) >= 11 is 0. The van der Waals surface area contributed by atoms with Crippen molar-refractivity contribution < 1.29 is 18.8 Å². The van der Waals surface area contributed by atoms with Gasteiger partial charge in [0.15, 0.2) is 6.61 Å². The summed E-state index contributed by atoms with van der Waals surface area (Å²) in [5.74, 6) is 2.18. The third-order valence-electron chi connectivity index (χ3n) is 3.87. The number of ether oxygens (including phenoxy) is 2. The Balaban J connectivity index is 1.43. The number of aromatic nitrogens is 2. The topological polar surface area (TPSA) is 86.5 Å². The molecule has 1 N–H and O–H groups in total. The van der Waals surface area contributed by atoms with Crippen LogP contribution < -0.4 is 14.8 Å². The third-order valence-corrected chi connectivity index (χ3v) is 3.87. The lowest BCUT2D eigenvalue weighted by atomic mass is 10.2. The van der Waals surface area contributed by atoms with Gasteiger partial charge in [-0.25, -0.2) is 0 Å². The second kappa shape index (κ2) is 8.84. The minimum atomic E-state index is -0.203. The first-order valence-corrected chi connectivity index (χ1v) is 8.57. The number of carbonyl (C=O) groups is 1. The van der Waals surface area contributed by atoms with Crippen molar-refractivity contribution in [2.24, 2.45) is 0 Å². The van der Waals surface area contributed by atoms with Gasteiger partial charge in [-0.05, 0) is 43.3 Å². The number of benzene rings is 2. The number of methoxy groups -OCH3 is 1. The van der Waals surface area contributed by atoms with Crippen LogP contribution in [-0.2, 0) is 11.2 Å². The van der Waals surface area contributed by atoms with Crippen LogP contribution in [0.1, 0.15) is 11.5 Å². The van der Waals surface area contributed by atoms with Gasteiger partial charge in [0.25, 0.3) is 5.91 Å². The molecule has 140 valence electrons. The Hall–Kier alpha value is -3.35. The highest BCUT2D eigenvalue weighted by molar-refractivity contribution is 5.77. The molecule has 0 atom stereocenters. The van der Waals surface area contributed by atoms with Gasteiger partial charge in [-0.15, -0.1) is 0 Å². The summed E-state index contributed by atoms with van der Waals surface area (Å²) in [6, 6.07) is 14.9. The lowest BCUT2D eigenvalue weighted by Crippen LogP contribution is -2.30. The molecule has 3 aromatic rings. The number of nitrogens with one attached hydrogen (secondary N) is 1. The Kier molecular flexibility index (Phi) is 6.04. The third kappa shape index (κ3) is 5.31. The largest absolute Gasteiger partial charge is 0.497 e. The summed E-state index contributed by atoms with van der Waals surface area (Å²) in [7, 11) is 1.61. The smallest absolute Gasteiger partial charge is 0.257 e. The fraction of sp³-hybridized carbons (Fsp3) is 0.250. The summed E-state index contributed by atoms with van der Waals surface area (Å²) < 4.78 is 15.8. The Morgan fingerprint density at radius 3 is 2.48 bits per heavy atom. The van der Waals surface area contributed by atoms with Crippen LogP contribution in [0.4, 0.5) is 0 Å². The summed E-state index contributed by atoms with van der Waals surface area (Å²) in [6.07, 6.45) is 0.444. The molecule has 2 aromatic carbocycles. The Morgan fingerprint density at radius 1 is 1.07 bits per heavy atom. The molecule has 7 heteroatoms. The van der Waals surface area contributed by atoms with Gasteiger partial charge in [0.1, 0.15) is 11.5 Å². The molecule has 1 aromatic heterocycles. The van der Waals surface area contributed by atoms with Gasteiger partial charge in [-0.1, -0.05) is 22.9 Å². The molecule has 1 heterocycles. The van der Waals surface area contributed by atoms with Crippen LogP contribution in [0.5, 0.6) is 11.5 Å². The van der Waals surface area contributed by atoms with Gasteiger partial charge in [-0.3, -0.25) is 4.79 Å². The summed E-state index contributed by atoms with van der Waals surface area (Å²) in [5.41, 5.74) is 1.97. The van der Waals surface area contributed by atoms with Crippen LogP contribution in [0.15, 0.2) is 53.1 Å². The number of rotatable bonds is 8. The predicted octanol–water partition coefficient (Wildman–Crippen LogP) is 2.79. The van der Waals surface area contributed by atoms with Crippen LogP contribution in [0.2, 0.25) is 0 Å². The molecule has 3 rings (SSSR count). The maximum Gasteiger partial charge on any atom is 0.257 e. The molecule has 0 aliphatic carbocycles. The van der Waals surface area contributed by atoms with Crippen LogP contribution >= 0.6 is 0 Å².